The molecule has 10 heteroatoms. The van der Waals surface area contributed by atoms with Crippen LogP contribution in [0.4, 0.5) is 0 Å². The van der Waals surface area contributed by atoms with Gasteiger partial charge in [0.15, 0.2) is 0 Å². The molecule has 0 N–H and O–H groups in total. The Morgan fingerprint density at radius 1 is 0.938 bits per heavy atom. The molecule has 0 atom stereocenters. The third-order valence-corrected chi connectivity index (χ3v) is 1.50. The molecule has 0 radical (unpaired) electrons. The minimum atomic E-state index is -1.99. The van der Waals surface area contributed by atoms with Crippen molar-refractivity contribution in [2.45, 2.75) is 7.96 Å². The van der Waals surface area contributed by atoms with E-state index < -0.39 is 7.96 Å². The lowest BCUT2D eigenvalue weighted by Gasteiger charge is -2.14. The van der Waals surface area contributed by atoms with Crippen LogP contribution in [-0.4, -0.2) is 17.9 Å². The number of nitrogens with zero attached hydrogens (tertiary/aromatic N) is 2. The summed E-state index contributed by atoms with van der Waals surface area (Å²) < 4.78 is 5.57. The van der Waals surface area contributed by atoms with Gasteiger partial charge in [-0.05, 0) is 69.6 Å². The van der Waals surface area contributed by atoms with Crippen LogP contribution in [0.3, 0.4) is 0 Å². The van der Waals surface area contributed by atoms with Crippen LogP contribution in [0.25, 0.3) is 0 Å². The first-order chi connectivity index (χ1) is 7.16. The quantitative estimate of drug-likeness (QED) is 0.762. The number of ether oxygens (including phenoxy) is 2. The Labute approximate surface area is 121 Å². The molecule has 1 heterocycles. The van der Waals surface area contributed by atoms with Crippen LogP contribution in [0.2, 0.25) is 0 Å². The summed E-state index contributed by atoms with van der Waals surface area (Å²) >= 11 is 32.2. The van der Waals surface area contributed by atoms with Gasteiger partial charge in [-0.1, -0.05) is 0 Å². The summed E-state index contributed by atoms with van der Waals surface area (Å²) in [5.41, 5.74) is 0. The second-order valence-corrected chi connectivity index (χ2v) is 6.63. The van der Waals surface area contributed by atoms with Gasteiger partial charge in [-0.25, -0.2) is 4.98 Å². The minimum absolute atomic E-state index is 0.0424. The number of alkyl halides is 6. The monoisotopic (exact) mass is 344 g/mol. The Morgan fingerprint density at radius 2 is 1.50 bits per heavy atom. The minimum Gasteiger partial charge on any atom is -0.427 e. The van der Waals surface area contributed by atoms with Crippen molar-refractivity contribution in [3.05, 3.63) is 12.3 Å². The number of rotatable bonds is 2. The molecule has 1 aromatic heterocycles. The Hall–Kier alpha value is 0.420. The van der Waals surface area contributed by atoms with Crippen molar-refractivity contribution in [2.24, 2.45) is 0 Å². The third kappa shape index (κ3) is 6.23. The van der Waals surface area contributed by atoms with Crippen LogP contribution in [0.5, 0.6) is 11.9 Å². The van der Waals surface area contributed by atoms with Gasteiger partial charge in [0, 0.05) is 12.3 Å². The van der Waals surface area contributed by atoms with Gasteiger partial charge >= 0.3 is 14.0 Å². The smallest absolute Gasteiger partial charge is 0.341 e. The summed E-state index contributed by atoms with van der Waals surface area (Å²) in [7, 11) is 0. The van der Waals surface area contributed by atoms with E-state index in [0.29, 0.717) is 0 Å². The highest BCUT2D eigenvalue weighted by Crippen LogP contribution is 2.31. The molecule has 16 heavy (non-hydrogen) atoms. The van der Waals surface area contributed by atoms with Crippen molar-refractivity contribution in [1.82, 2.24) is 9.97 Å². The zero-order valence-corrected chi connectivity index (χ0v) is 11.7. The average Bonchev–Trinajstić information content (AvgIpc) is 1.96. The number of hydrogen-bond donors (Lipinski definition) is 0. The number of halogens is 6. The van der Waals surface area contributed by atoms with E-state index in [1.54, 1.807) is 0 Å². The molecule has 4 nitrogen and oxygen atoms in total. The Bertz CT molecular complexity index is 332. The zero-order valence-electron chi connectivity index (χ0n) is 7.13. The van der Waals surface area contributed by atoms with Crippen molar-refractivity contribution in [1.29, 1.82) is 0 Å². The summed E-state index contributed by atoms with van der Waals surface area (Å²) in [5, 5.41) is 0. The maximum atomic E-state index is 5.38. The molecule has 0 bridgehead atoms. The maximum Gasteiger partial charge on any atom is 0.341 e. The topological polar surface area (TPSA) is 44.2 Å². The van der Waals surface area contributed by atoms with Crippen LogP contribution in [0.1, 0.15) is 0 Å². The molecule has 0 amide bonds. The van der Waals surface area contributed by atoms with E-state index in [1.165, 1.54) is 12.3 Å². The molecule has 0 aliphatic heterocycles. The lowest BCUT2D eigenvalue weighted by molar-refractivity contribution is 0.270. The first-order valence-electron chi connectivity index (χ1n) is 3.50. The molecule has 0 aromatic carbocycles. The lowest BCUT2D eigenvalue weighted by atomic mass is 10.6. The van der Waals surface area contributed by atoms with Crippen LogP contribution < -0.4 is 9.47 Å². The van der Waals surface area contributed by atoms with Gasteiger partial charge in [0.05, 0.1) is 0 Å². The Kier molecular flexibility index (Phi) is 4.87. The fourth-order valence-electron chi connectivity index (χ4n) is 0.653. The molecule has 90 valence electrons. The van der Waals surface area contributed by atoms with E-state index in [0.717, 1.165) is 0 Å². The summed E-state index contributed by atoms with van der Waals surface area (Å²) in [6.45, 7) is 0. The van der Waals surface area contributed by atoms with E-state index in [4.69, 9.17) is 79.1 Å². The van der Waals surface area contributed by atoms with Crippen molar-refractivity contribution in [3.63, 3.8) is 0 Å². The van der Waals surface area contributed by atoms with Gasteiger partial charge in [-0.2, -0.15) is 4.98 Å². The van der Waals surface area contributed by atoms with Crippen molar-refractivity contribution in [2.75, 3.05) is 0 Å². The normalized spacial score (nSPS) is 12.4. The molecular formula is C6H2Cl6N2O2. The molecule has 0 unspecified atom stereocenters. The standard InChI is InChI=1S/C6H2Cl6N2O2/c7-5(8,9)15-3-1-2-13-4(14-3)16-6(10,11)12/h1-2H. The van der Waals surface area contributed by atoms with Gasteiger partial charge in [0.25, 0.3) is 0 Å². The summed E-state index contributed by atoms with van der Waals surface area (Å²) in [4.78, 5) is 7.34. The molecule has 0 spiro atoms. The highest BCUT2D eigenvalue weighted by Gasteiger charge is 2.25. The predicted molar refractivity (Wildman–Crippen MR) is 63.9 cm³/mol. The largest absolute Gasteiger partial charge is 0.427 e. The number of hydrogen-bond acceptors (Lipinski definition) is 4. The summed E-state index contributed by atoms with van der Waals surface area (Å²) in [6, 6.07) is 1.11. The Morgan fingerprint density at radius 3 is 2.00 bits per heavy atom. The third-order valence-electron chi connectivity index (χ3n) is 1.04. The average molecular weight is 347 g/mol. The molecule has 0 saturated heterocycles. The molecule has 0 saturated carbocycles. The highest BCUT2D eigenvalue weighted by molar-refractivity contribution is 6.66. The van der Waals surface area contributed by atoms with E-state index in [1.807, 2.05) is 0 Å². The van der Waals surface area contributed by atoms with E-state index in [-0.39, 0.29) is 11.9 Å². The van der Waals surface area contributed by atoms with Crippen LogP contribution >= 0.6 is 69.6 Å². The number of aromatic nitrogens is 2. The molecular weight excluding hydrogens is 345 g/mol. The first kappa shape index (κ1) is 14.5. The summed E-state index contributed by atoms with van der Waals surface area (Å²) in [6.07, 6.45) is 1.28. The predicted octanol–water partition coefficient (Wildman–Crippen LogP) is 3.89. The Balaban J connectivity index is 2.79. The second-order valence-electron chi connectivity index (χ2n) is 2.27. The fraction of sp³-hybridized carbons (Fsp3) is 0.333. The maximum absolute atomic E-state index is 5.38. The SMILES string of the molecule is ClC(Cl)(Cl)Oc1ccnc(OC(Cl)(Cl)Cl)n1. The van der Waals surface area contributed by atoms with Crippen molar-refractivity contribution < 1.29 is 9.47 Å². The van der Waals surface area contributed by atoms with Crippen molar-refractivity contribution >= 4 is 69.6 Å². The molecule has 0 aliphatic carbocycles. The lowest BCUT2D eigenvalue weighted by Crippen LogP contribution is -2.17. The van der Waals surface area contributed by atoms with Gasteiger partial charge in [-0.15, -0.1) is 0 Å². The van der Waals surface area contributed by atoms with Gasteiger partial charge < -0.3 is 9.47 Å². The molecule has 0 fully saturated rings. The van der Waals surface area contributed by atoms with E-state index in [9.17, 15) is 0 Å². The van der Waals surface area contributed by atoms with Gasteiger partial charge in [0.1, 0.15) is 0 Å². The van der Waals surface area contributed by atoms with Crippen LogP contribution in [0.15, 0.2) is 12.3 Å². The zero-order chi connectivity index (χ0) is 12.4. The van der Waals surface area contributed by atoms with Gasteiger partial charge in [0.2, 0.25) is 5.88 Å². The van der Waals surface area contributed by atoms with Crippen LogP contribution in [-0.2, 0) is 0 Å². The second kappa shape index (κ2) is 5.38. The fourth-order valence-corrected chi connectivity index (χ4v) is 1.10. The van der Waals surface area contributed by atoms with Crippen LogP contribution in [0, 0.1) is 0 Å². The highest BCUT2D eigenvalue weighted by atomic mass is 35.6. The molecule has 1 aromatic rings. The van der Waals surface area contributed by atoms with Crippen molar-refractivity contribution in [3.8, 4) is 11.9 Å². The summed E-state index contributed by atoms with van der Waals surface area (Å²) in [5.74, 6) is -0.0424. The molecule has 1 rings (SSSR count). The molecule has 0 aliphatic rings. The van der Waals surface area contributed by atoms with E-state index in [2.05, 4.69) is 9.97 Å². The first-order valence-corrected chi connectivity index (χ1v) is 5.77. The van der Waals surface area contributed by atoms with Gasteiger partial charge in [-0.3, -0.25) is 0 Å². The van der Waals surface area contributed by atoms with E-state index >= 15 is 0 Å².